The van der Waals surface area contributed by atoms with Crippen molar-refractivity contribution < 1.29 is 32.7 Å². The lowest BCUT2D eigenvalue weighted by atomic mass is 9.79. The molecule has 0 N–H and O–H groups in total. The first-order valence-electron chi connectivity index (χ1n) is 12.0. The molecular formula is C25H33N2O9P. The maximum atomic E-state index is 13.3. The minimum Gasteiger partial charge on any atom is -0.467 e. The van der Waals surface area contributed by atoms with E-state index in [0.29, 0.717) is 4.57 Å². The molecule has 202 valence electrons. The van der Waals surface area contributed by atoms with Gasteiger partial charge in [-0.05, 0) is 43.7 Å². The number of rotatable bonds is 10. The third-order valence-corrected chi connectivity index (χ3v) is 8.67. The van der Waals surface area contributed by atoms with Crippen molar-refractivity contribution in [2.24, 2.45) is 11.8 Å². The van der Waals surface area contributed by atoms with Crippen LogP contribution in [-0.2, 0) is 34.4 Å². The van der Waals surface area contributed by atoms with E-state index >= 15 is 0 Å². The number of aryl methyl sites for hydroxylation is 1. The molecule has 12 heteroatoms. The van der Waals surface area contributed by atoms with Crippen LogP contribution < -0.4 is 11.2 Å². The molecule has 1 aromatic heterocycles. The van der Waals surface area contributed by atoms with E-state index in [-0.39, 0.29) is 36.1 Å². The predicted octanol–water partition coefficient (Wildman–Crippen LogP) is 2.81. The molecule has 1 aromatic carbocycles. The second-order valence-corrected chi connectivity index (χ2v) is 11.3. The molecule has 1 aliphatic rings. The van der Waals surface area contributed by atoms with Crippen molar-refractivity contribution in [2.75, 3.05) is 27.9 Å². The van der Waals surface area contributed by atoms with Gasteiger partial charge in [-0.3, -0.25) is 18.7 Å². The van der Waals surface area contributed by atoms with E-state index in [1.165, 1.54) is 10.8 Å². The second kappa shape index (κ2) is 12.6. The van der Waals surface area contributed by atoms with E-state index in [4.69, 9.17) is 18.5 Å². The Morgan fingerprint density at radius 2 is 1.65 bits per heavy atom. The molecule has 3 rings (SSSR count). The number of carbonyl (C=O) groups excluding carboxylic acids is 2. The van der Waals surface area contributed by atoms with E-state index in [0.717, 1.165) is 47.0 Å². The van der Waals surface area contributed by atoms with Gasteiger partial charge in [0.2, 0.25) is 0 Å². The van der Waals surface area contributed by atoms with Crippen LogP contribution in [0.4, 0.5) is 0 Å². The fourth-order valence-electron chi connectivity index (χ4n) is 4.62. The van der Waals surface area contributed by atoms with Crippen molar-refractivity contribution in [1.29, 1.82) is 0 Å². The molecule has 0 radical (unpaired) electrons. The van der Waals surface area contributed by atoms with Crippen LogP contribution in [0.25, 0.3) is 0 Å². The molecule has 37 heavy (non-hydrogen) atoms. The Labute approximate surface area is 214 Å². The molecule has 3 atom stereocenters. The van der Waals surface area contributed by atoms with Crippen molar-refractivity contribution >= 4 is 19.5 Å². The van der Waals surface area contributed by atoms with Gasteiger partial charge in [0.1, 0.15) is 0 Å². The molecule has 1 aliphatic carbocycles. The molecule has 11 nitrogen and oxygen atoms in total. The normalized spacial score (nSPS) is 18.8. The monoisotopic (exact) mass is 536 g/mol. The van der Waals surface area contributed by atoms with Gasteiger partial charge in [-0.1, -0.05) is 31.0 Å². The number of benzene rings is 1. The van der Waals surface area contributed by atoms with E-state index in [1.54, 1.807) is 37.3 Å². The molecule has 0 saturated heterocycles. The van der Waals surface area contributed by atoms with Gasteiger partial charge < -0.3 is 18.5 Å². The number of aromatic nitrogens is 2. The maximum absolute atomic E-state index is 13.3. The molecule has 2 aromatic rings. The number of hydrogen-bond donors (Lipinski definition) is 0. The van der Waals surface area contributed by atoms with Crippen LogP contribution in [-0.4, -0.2) is 54.8 Å². The zero-order chi connectivity index (χ0) is 27.2. The Hall–Kier alpha value is -2.85. The quantitative estimate of drug-likeness (QED) is 0.332. The standard InChI is InChI=1S/C25H33N2O9P/c1-17-14-26(25(31)27(21(17)28)22(29)18-10-6-5-7-11-18)15-19-12-8-9-13-20(19)16-36-24(23(30)33-2)37(32,34-3)35-4/h5-7,10-11,14,19-20,24H,8-9,12-13,15-16H2,1-4H3/t19-,20+,24?/m1/s1. The van der Waals surface area contributed by atoms with Gasteiger partial charge in [-0.25, -0.2) is 9.59 Å². The second-order valence-electron chi connectivity index (χ2n) is 8.98. The Bertz CT molecular complexity index is 1260. The van der Waals surface area contributed by atoms with Crippen LogP contribution in [0, 0.1) is 18.8 Å². The number of esters is 1. The van der Waals surface area contributed by atoms with Gasteiger partial charge in [-0.15, -0.1) is 0 Å². The lowest BCUT2D eigenvalue weighted by Gasteiger charge is -2.33. The zero-order valence-electron chi connectivity index (χ0n) is 21.5. The number of ether oxygens (including phenoxy) is 2. The lowest BCUT2D eigenvalue weighted by molar-refractivity contribution is -0.151. The number of carbonyl (C=O) groups is 2. The SMILES string of the molecule is COC(=O)C(OC[C@@H]1CCCC[C@@H]1Cn1cc(C)c(=O)n(C(=O)c2ccccc2)c1=O)P(=O)(OC)OC. The number of methoxy groups -OCH3 is 1. The molecule has 0 spiro atoms. The summed E-state index contributed by atoms with van der Waals surface area (Å²) in [7, 11) is -0.441. The highest BCUT2D eigenvalue weighted by molar-refractivity contribution is 7.55. The fraction of sp³-hybridized carbons (Fsp3) is 0.520. The summed E-state index contributed by atoms with van der Waals surface area (Å²) in [5.74, 6) is -3.28. The fourth-order valence-corrected chi connectivity index (χ4v) is 5.79. The molecule has 1 fully saturated rings. The first-order chi connectivity index (χ1) is 17.7. The number of hydrogen-bond acceptors (Lipinski definition) is 9. The van der Waals surface area contributed by atoms with Crippen molar-refractivity contribution in [3.63, 3.8) is 0 Å². The van der Waals surface area contributed by atoms with Crippen molar-refractivity contribution in [3.05, 3.63) is 68.5 Å². The third kappa shape index (κ3) is 6.35. The summed E-state index contributed by atoms with van der Waals surface area (Å²) in [6, 6.07) is 8.15. The highest BCUT2D eigenvalue weighted by Crippen LogP contribution is 2.52. The third-order valence-electron chi connectivity index (χ3n) is 6.72. The molecule has 0 aliphatic heterocycles. The van der Waals surface area contributed by atoms with Gasteiger partial charge in [0.25, 0.3) is 17.3 Å². The highest BCUT2D eigenvalue weighted by atomic mass is 31.2. The summed E-state index contributed by atoms with van der Waals surface area (Å²) in [6.45, 7) is 1.85. The molecule has 1 heterocycles. The average molecular weight is 537 g/mol. The van der Waals surface area contributed by atoms with Gasteiger partial charge >= 0.3 is 19.3 Å². The van der Waals surface area contributed by atoms with Crippen LogP contribution in [0.2, 0.25) is 0 Å². The van der Waals surface area contributed by atoms with Crippen LogP contribution in [0.3, 0.4) is 0 Å². The van der Waals surface area contributed by atoms with Gasteiger partial charge in [0.15, 0.2) is 0 Å². The Morgan fingerprint density at radius 1 is 1.03 bits per heavy atom. The first kappa shape index (κ1) is 28.7. The summed E-state index contributed by atoms with van der Waals surface area (Å²) in [5.41, 5.74) is -0.878. The molecule has 1 unspecified atom stereocenters. The van der Waals surface area contributed by atoms with Gasteiger partial charge in [-0.2, -0.15) is 4.57 Å². The predicted molar refractivity (Wildman–Crippen MR) is 135 cm³/mol. The smallest absolute Gasteiger partial charge is 0.370 e. The maximum Gasteiger partial charge on any atom is 0.370 e. The Kier molecular flexibility index (Phi) is 9.78. The molecule has 1 saturated carbocycles. The van der Waals surface area contributed by atoms with Crippen LogP contribution in [0.5, 0.6) is 0 Å². The van der Waals surface area contributed by atoms with Crippen LogP contribution in [0.1, 0.15) is 41.6 Å². The largest absolute Gasteiger partial charge is 0.467 e. The van der Waals surface area contributed by atoms with E-state index < -0.39 is 36.6 Å². The zero-order valence-corrected chi connectivity index (χ0v) is 22.3. The van der Waals surface area contributed by atoms with Crippen molar-refractivity contribution in [1.82, 2.24) is 9.13 Å². The first-order valence-corrected chi connectivity index (χ1v) is 13.6. The van der Waals surface area contributed by atoms with E-state index in [1.807, 2.05) is 0 Å². The number of nitrogens with zero attached hydrogens (tertiary/aromatic N) is 2. The average Bonchev–Trinajstić information content (AvgIpc) is 2.92. The Morgan fingerprint density at radius 3 is 2.24 bits per heavy atom. The topological polar surface area (TPSA) is 132 Å². The van der Waals surface area contributed by atoms with Crippen molar-refractivity contribution in [3.8, 4) is 0 Å². The van der Waals surface area contributed by atoms with E-state index in [9.17, 15) is 23.7 Å². The van der Waals surface area contributed by atoms with Crippen LogP contribution in [0.15, 0.2) is 46.1 Å². The van der Waals surface area contributed by atoms with Crippen molar-refractivity contribution in [2.45, 2.75) is 45.0 Å². The molecule has 0 amide bonds. The lowest BCUT2D eigenvalue weighted by Crippen LogP contribution is -2.46. The minimum absolute atomic E-state index is 0.0530. The van der Waals surface area contributed by atoms with Crippen LogP contribution >= 0.6 is 7.60 Å². The summed E-state index contributed by atoms with van der Waals surface area (Å²) >= 11 is 0. The van der Waals surface area contributed by atoms with Gasteiger partial charge in [0.05, 0.1) is 13.7 Å². The Balaban J connectivity index is 1.87. The minimum atomic E-state index is -3.91. The van der Waals surface area contributed by atoms with E-state index in [2.05, 4.69) is 0 Å². The summed E-state index contributed by atoms with van der Waals surface area (Å²) in [5, 5.41) is 0. The highest BCUT2D eigenvalue weighted by Gasteiger charge is 2.43. The summed E-state index contributed by atoms with van der Waals surface area (Å²) < 4.78 is 35.3. The summed E-state index contributed by atoms with van der Waals surface area (Å²) in [6.07, 6.45) is 4.82. The van der Waals surface area contributed by atoms with Gasteiger partial charge in [0, 0.05) is 38.1 Å². The molecule has 0 bridgehead atoms. The summed E-state index contributed by atoms with van der Waals surface area (Å²) in [4.78, 5) is 51.3. The molecular weight excluding hydrogens is 503 g/mol.